The number of piperidine rings is 1. The van der Waals surface area contributed by atoms with E-state index >= 15 is 0 Å². The highest BCUT2D eigenvalue weighted by Gasteiger charge is 2.21. The van der Waals surface area contributed by atoms with Crippen LogP contribution in [0, 0.1) is 0 Å². The van der Waals surface area contributed by atoms with Crippen molar-refractivity contribution >= 4 is 5.91 Å². The van der Waals surface area contributed by atoms with Gasteiger partial charge in [-0.3, -0.25) is 9.69 Å². The Kier molecular flexibility index (Phi) is 5.60. The number of hydrogen-bond donors (Lipinski definition) is 1. The lowest BCUT2D eigenvalue weighted by Gasteiger charge is -2.33. The van der Waals surface area contributed by atoms with E-state index in [0.717, 1.165) is 13.0 Å². The molecule has 20 heavy (non-hydrogen) atoms. The Hall–Kier alpha value is -1.35. The standard InChI is InChI=1S/C17H26N2O/c1-3-16(15-10-5-4-6-11-15)18-17(20)13-19-12-8-7-9-14(19)2/h4-6,10-11,14,16H,3,7-9,12-13H2,1-2H3,(H,18,20). The van der Waals surface area contributed by atoms with Crippen LogP contribution in [0.15, 0.2) is 30.3 Å². The first kappa shape index (κ1) is 15.0. The van der Waals surface area contributed by atoms with Gasteiger partial charge in [0.2, 0.25) is 5.91 Å². The number of hydrogen-bond acceptors (Lipinski definition) is 2. The van der Waals surface area contributed by atoms with E-state index in [1.165, 1.54) is 24.8 Å². The number of carbonyl (C=O) groups is 1. The van der Waals surface area contributed by atoms with Gasteiger partial charge in [-0.15, -0.1) is 0 Å². The first-order valence-corrected chi connectivity index (χ1v) is 7.79. The summed E-state index contributed by atoms with van der Waals surface area (Å²) in [5.41, 5.74) is 1.19. The van der Waals surface area contributed by atoms with E-state index < -0.39 is 0 Å². The third-order valence-corrected chi connectivity index (χ3v) is 4.23. The molecule has 2 unspecified atom stereocenters. The lowest BCUT2D eigenvalue weighted by molar-refractivity contribution is -0.123. The summed E-state index contributed by atoms with van der Waals surface area (Å²) in [6, 6.07) is 10.9. The van der Waals surface area contributed by atoms with Gasteiger partial charge in [0, 0.05) is 6.04 Å². The molecule has 0 bridgehead atoms. The highest BCUT2D eigenvalue weighted by molar-refractivity contribution is 5.78. The highest BCUT2D eigenvalue weighted by atomic mass is 16.2. The third-order valence-electron chi connectivity index (χ3n) is 4.23. The molecule has 3 nitrogen and oxygen atoms in total. The van der Waals surface area contributed by atoms with E-state index in [1.54, 1.807) is 0 Å². The summed E-state index contributed by atoms with van der Waals surface area (Å²) >= 11 is 0. The first-order valence-electron chi connectivity index (χ1n) is 7.79. The zero-order valence-electron chi connectivity index (χ0n) is 12.6. The second-order valence-corrected chi connectivity index (χ2v) is 5.75. The molecule has 0 spiro atoms. The molecule has 1 aromatic carbocycles. The quantitative estimate of drug-likeness (QED) is 0.894. The third kappa shape index (κ3) is 4.07. The summed E-state index contributed by atoms with van der Waals surface area (Å²) in [5.74, 6) is 0.148. The fourth-order valence-electron chi connectivity index (χ4n) is 2.92. The van der Waals surface area contributed by atoms with Crippen molar-refractivity contribution in [3.05, 3.63) is 35.9 Å². The molecule has 110 valence electrons. The van der Waals surface area contributed by atoms with E-state index in [4.69, 9.17) is 0 Å². The van der Waals surface area contributed by atoms with Crippen LogP contribution in [0.2, 0.25) is 0 Å². The van der Waals surface area contributed by atoms with Gasteiger partial charge in [-0.2, -0.15) is 0 Å². The van der Waals surface area contributed by atoms with Crippen molar-refractivity contribution in [1.82, 2.24) is 10.2 Å². The van der Waals surface area contributed by atoms with Crippen molar-refractivity contribution < 1.29 is 4.79 Å². The molecular formula is C17H26N2O. The Morgan fingerprint density at radius 2 is 2.10 bits per heavy atom. The summed E-state index contributed by atoms with van der Waals surface area (Å²) < 4.78 is 0. The van der Waals surface area contributed by atoms with Gasteiger partial charge in [0.25, 0.3) is 0 Å². The van der Waals surface area contributed by atoms with E-state index in [2.05, 4.69) is 36.2 Å². The lowest BCUT2D eigenvalue weighted by atomic mass is 10.0. The summed E-state index contributed by atoms with van der Waals surface area (Å²) in [6.07, 6.45) is 4.64. The molecule has 3 heteroatoms. The predicted octanol–water partition coefficient (Wildman–Crippen LogP) is 3.13. The summed E-state index contributed by atoms with van der Waals surface area (Å²) in [5, 5.41) is 3.17. The van der Waals surface area contributed by atoms with Crippen LogP contribution in [0.4, 0.5) is 0 Å². The number of nitrogens with one attached hydrogen (secondary N) is 1. The summed E-state index contributed by atoms with van der Waals surface area (Å²) in [6.45, 7) is 5.92. The number of nitrogens with zero attached hydrogens (tertiary/aromatic N) is 1. The topological polar surface area (TPSA) is 32.3 Å². The molecule has 1 aliphatic rings. The molecule has 2 rings (SSSR count). The Labute approximate surface area is 122 Å². The normalized spacial score (nSPS) is 21.4. The zero-order chi connectivity index (χ0) is 14.4. The van der Waals surface area contributed by atoms with Crippen LogP contribution in [-0.4, -0.2) is 29.9 Å². The number of rotatable bonds is 5. The van der Waals surface area contributed by atoms with Crippen LogP contribution < -0.4 is 5.32 Å². The molecule has 1 fully saturated rings. The monoisotopic (exact) mass is 274 g/mol. The van der Waals surface area contributed by atoms with Gasteiger partial charge < -0.3 is 5.32 Å². The summed E-state index contributed by atoms with van der Waals surface area (Å²) in [7, 11) is 0. The van der Waals surface area contributed by atoms with Gasteiger partial charge in [-0.1, -0.05) is 43.7 Å². The van der Waals surface area contributed by atoms with Gasteiger partial charge >= 0.3 is 0 Å². The zero-order valence-corrected chi connectivity index (χ0v) is 12.6. The molecule has 0 saturated carbocycles. The maximum atomic E-state index is 12.2. The van der Waals surface area contributed by atoms with Gasteiger partial charge in [0.1, 0.15) is 0 Å². The smallest absolute Gasteiger partial charge is 0.234 e. The first-order chi connectivity index (χ1) is 9.70. The minimum absolute atomic E-state index is 0.129. The van der Waals surface area contributed by atoms with Crippen LogP contribution in [0.25, 0.3) is 0 Å². The molecule has 0 aromatic heterocycles. The van der Waals surface area contributed by atoms with Crippen molar-refractivity contribution in [3.8, 4) is 0 Å². The van der Waals surface area contributed by atoms with Crippen LogP contribution in [-0.2, 0) is 4.79 Å². The van der Waals surface area contributed by atoms with Crippen molar-refractivity contribution in [2.45, 2.75) is 51.6 Å². The largest absolute Gasteiger partial charge is 0.348 e. The SMILES string of the molecule is CCC(NC(=O)CN1CCCCC1C)c1ccccc1. The van der Waals surface area contributed by atoms with Gasteiger partial charge in [-0.05, 0) is 38.3 Å². The minimum Gasteiger partial charge on any atom is -0.348 e. The van der Waals surface area contributed by atoms with Crippen LogP contribution in [0.1, 0.15) is 51.1 Å². The number of amides is 1. The fourth-order valence-corrected chi connectivity index (χ4v) is 2.92. The van der Waals surface area contributed by atoms with Crippen molar-refractivity contribution in [3.63, 3.8) is 0 Å². The van der Waals surface area contributed by atoms with E-state index in [-0.39, 0.29) is 11.9 Å². The Morgan fingerprint density at radius 3 is 2.75 bits per heavy atom. The Balaban J connectivity index is 1.89. The average Bonchev–Trinajstić information content (AvgIpc) is 2.48. The second kappa shape index (κ2) is 7.44. The van der Waals surface area contributed by atoms with E-state index in [1.807, 2.05) is 18.2 Å². The molecule has 0 aliphatic carbocycles. The molecule has 0 radical (unpaired) electrons. The molecule has 1 heterocycles. The summed E-state index contributed by atoms with van der Waals surface area (Å²) in [4.78, 5) is 14.5. The van der Waals surface area contributed by atoms with Crippen molar-refractivity contribution in [2.24, 2.45) is 0 Å². The lowest BCUT2D eigenvalue weighted by Crippen LogP contribution is -2.44. The second-order valence-electron chi connectivity index (χ2n) is 5.75. The van der Waals surface area contributed by atoms with Crippen LogP contribution in [0.5, 0.6) is 0 Å². The maximum Gasteiger partial charge on any atom is 0.234 e. The van der Waals surface area contributed by atoms with E-state index in [0.29, 0.717) is 12.6 Å². The van der Waals surface area contributed by atoms with Crippen molar-refractivity contribution in [2.75, 3.05) is 13.1 Å². The number of benzene rings is 1. The molecule has 1 amide bonds. The molecule has 1 saturated heterocycles. The molecule has 1 aliphatic heterocycles. The van der Waals surface area contributed by atoms with Crippen LogP contribution >= 0.6 is 0 Å². The Morgan fingerprint density at radius 1 is 1.35 bits per heavy atom. The molecule has 2 atom stereocenters. The number of likely N-dealkylation sites (tertiary alicyclic amines) is 1. The highest BCUT2D eigenvalue weighted by Crippen LogP contribution is 2.18. The van der Waals surface area contributed by atoms with Gasteiger partial charge in [0.05, 0.1) is 12.6 Å². The fraction of sp³-hybridized carbons (Fsp3) is 0.588. The molecule has 1 N–H and O–H groups in total. The maximum absolute atomic E-state index is 12.2. The molecular weight excluding hydrogens is 248 g/mol. The minimum atomic E-state index is 0.129. The van der Waals surface area contributed by atoms with Gasteiger partial charge in [0.15, 0.2) is 0 Å². The predicted molar refractivity (Wildman–Crippen MR) is 82.5 cm³/mol. The van der Waals surface area contributed by atoms with Crippen LogP contribution in [0.3, 0.4) is 0 Å². The van der Waals surface area contributed by atoms with Gasteiger partial charge in [-0.25, -0.2) is 0 Å². The number of carbonyl (C=O) groups excluding carboxylic acids is 1. The molecule has 1 aromatic rings. The van der Waals surface area contributed by atoms with E-state index in [9.17, 15) is 4.79 Å². The van der Waals surface area contributed by atoms with Crippen molar-refractivity contribution in [1.29, 1.82) is 0 Å². The average molecular weight is 274 g/mol. The Bertz CT molecular complexity index is 418.